The number of carboxylic acid groups (broad SMARTS) is 1. The van der Waals surface area contributed by atoms with Gasteiger partial charge in [-0.2, -0.15) is 12.6 Å². The van der Waals surface area contributed by atoms with Crippen molar-refractivity contribution in [3.63, 3.8) is 0 Å². The highest BCUT2D eigenvalue weighted by atomic mass is 32.2. The number of carboxylic acids is 1. The maximum Gasteiger partial charge on any atom is 0.303 e. The summed E-state index contributed by atoms with van der Waals surface area (Å²) in [4.78, 5) is 10.3. The van der Waals surface area contributed by atoms with E-state index < -0.39 is 15.8 Å². The average molecular weight is 367 g/mol. The van der Waals surface area contributed by atoms with Crippen molar-refractivity contribution in [2.45, 2.75) is 89.9 Å². The molecular weight excluding hydrogens is 332 g/mol. The van der Waals surface area contributed by atoms with Crippen LogP contribution in [0.1, 0.15) is 89.9 Å². The molecule has 6 heteroatoms. The lowest BCUT2D eigenvalue weighted by Gasteiger charge is -2.03. The van der Waals surface area contributed by atoms with Crippen LogP contribution in [0.25, 0.3) is 0 Å². The van der Waals surface area contributed by atoms with Gasteiger partial charge in [0.15, 0.2) is 9.84 Å². The highest BCUT2D eigenvalue weighted by Gasteiger charge is 2.06. The molecule has 0 fully saturated rings. The Bertz CT molecular complexity index is 380. The first kappa shape index (κ1) is 22.8. The van der Waals surface area contributed by atoms with Crippen LogP contribution in [0.2, 0.25) is 0 Å². The number of sulfone groups is 1. The van der Waals surface area contributed by atoms with Gasteiger partial charge in [-0.1, -0.05) is 70.6 Å². The smallest absolute Gasteiger partial charge is 0.303 e. The first-order chi connectivity index (χ1) is 11.0. The maximum absolute atomic E-state index is 11.2. The van der Waals surface area contributed by atoms with E-state index in [9.17, 15) is 13.2 Å². The zero-order chi connectivity index (χ0) is 17.4. The lowest BCUT2D eigenvalue weighted by atomic mass is 10.0. The van der Waals surface area contributed by atoms with E-state index in [1.54, 1.807) is 0 Å². The molecule has 0 bridgehead atoms. The van der Waals surface area contributed by atoms with Gasteiger partial charge in [0.25, 0.3) is 0 Å². The number of aliphatic carboxylic acids is 1. The molecule has 23 heavy (non-hydrogen) atoms. The van der Waals surface area contributed by atoms with Crippen molar-refractivity contribution in [2.75, 3.05) is 10.8 Å². The fraction of sp³-hybridized carbons (Fsp3) is 0.941. The predicted octanol–water partition coefficient (Wildman–Crippen LogP) is 4.83. The molecule has 0 aromatic rings. The molecular formula is C17H34O4S2. The molecule has 0 amide bonds. The van der Waals surface area contributed by atoms with Gasteiger partial charge in [-0.15, -0.1) is 0 Å². The van der Waals surface area contributed by atoms with Crippen LogP contribution in [-0.4, -0.2) is 30.3 Å². The summed E-state index contributed by atoms with van der Waals surface area (Å²) in [6.45, 7) is 0. The average Bonchev–Trinajstić information content (AvgIpc) is 2.50. The second-order valence-corrected chi connectivity index (χ2v) is 9.24. The normalized spacial score (nSPS) is 11.7. The van der Waals surface area contributed by atoms with Gasteiger partial charge >= 0.3 is 5.97 Å². The molecule has 0 aromatic carbocycles. The number of hydrogen-bond donors (Lipinski definition) is 2. The maximum atomic E-state index is 11.2. The van der Waals surface area contributed by atoms with Crippen LogP contribution in [0.5, 0.6) is 0 Å². The van der Waals surface area contributed by atoms with Crippen molar-refractivity contribution < 1.29 is 18.3 Å². The molecule has 0 spiro atoms. The van der Waals surface area contributed by atoms with Gasteiger partial charge < -0.3 is 5.11 Å². The van der Waals surface area contributed by atoms with Gasteiger partial charge in [0.2, 0.25) is 0 Å². The SMILES string of the molecule is O=C(O)CCCCCCCCCCCCCCCS(=O)(=O)CS. The third-order valence-corrected chi connectivity index (χ3v) is 6.53. The Morgan fingerprint density at radius 3 is 1.39 bits per heavy atom. The van der Waals surface area contributed by atoms with Crippen LogP contribution in [-0.2, 0) is 14.6 Å². The summed E-state index contributed by atoms with van der Waals surface area (Å²) >= 11 is 3.82. The van der Waals surface area contributed by atoms with Crippen LogP contribution < -0.4 is 0 Å². The Balaban J connectivity index is 3.12. The highest BCUT2D eigenvalue weighted by Crippen LogP contribution is 2.13. The Morgan fingerprint density at radius 1 is 0.696 bits per heavy atom. The number of rotatable bonds is 17. The van der Waals surface area contributed by atoms with Gasteiger partial charge in [0.05, 0.1) is 10.8 Å². The van der Waals surface area contributed by atoms with Crippen LogP contribution in [0.4, 0.5) is 0 Å². The van der Waals surface area contributed by atoms with Gasteiger partial charge in [-0.25, -0.2) is 8.42 Å². The third kappa shape index (κ3) is 18.0. The van der Waals surface area contributed by atoms with Crippen molar-refractivity contribution in [3.8, 4) is 0 Å². The fourth-order valence-corrected chi connectivity index (χ4v) is 3.77. The number of thiol groups is 1. The summed E-state index contributed by atoms with van der Waals surface area (Å²) in [6.07, 6.45) is 15.0. The topological polar surface area (TPSA) is 71.4 Å². The van der Waals surface area contributed by atoms with E-state index in [0.29, 0.717) is 6.42 Å². The van der Waals surface area contributed by atoms with Crippen molar-refractivity contribution >= 4 is 28.4 Å². The zero-order valence-electron chi connectivity index (χ0n) is 14.3. The highest BCUT2D eigenvalue weighted by molar-refractivity contribution is 8.03. The first-order valence-electron chi connectivity index (χ1n) is 9.01. The molecule has 0 aliphatic heterocycles. The minimum atomic E-state index is -2.90. The molecule has 0 rings (SSSR count). The van der Waals surface area contributed by atoms with E-state index in [4.69, 9.17) is 5.11 Å². The standard InChI is InChI=1S/C17H34O4S2/c18-17(19)14-12-10-8-6-4-2-1-3-5-7-9-11-13-15-23(20,21)16-22/h22H,1-16H2,(H,18,19). The number of unbranched alkanes of at least 4 members (excludes halogenated alkanes) is 12. The Morgan fingerprint density at radius 2 is 1.04 bits per heavy atom. The molecule has 0 heterocycles. The van der Waals surface area contributed by atoms with Gasteiger partial charge in [0.1, 0.15) is 0 Å². The summed E-state index contributed by atoms with van der Waals surface area (Å²) in [7, 11) is -2.90. The number of hydrogen-bond acceptors (Lipinski definition) is 4. The third-order valence-electron chi connectivity index (χ3n) is 4.04. The summed E-state index contributed by atoms with van der Waals surface area (Å²) in [5.74, 6) is -0.406. The molecule has 0 aliphatic rings. The Hall–Kier alpha value is -0.230. The van der Waals surface area contributed by atoms with Crippen LogP contribution in [0.3, 0.4) is 0 Å². The van der Waals surface area contributed by atoms with E-state index in [0.717, 1.165) is 38.5 Å². The quantitative estimate of drug-likeness (QED) is 0.285. The molecule has 0 radical (unpaired) electrons. The molecule has 4 nitrogen and oxygen atoms in total. The van der Waals surface area contributed by atoms with Crippen LogP contribution in [0, 0.1) is 0 Å². The number of carbonyl (C=O) groups is 1. The van der Waals surface area contributed by atoms with Crippen molar-refractivity contribution in [2.24, 2.45) is 0 Å². The molecule has 0 aliphatic carbocycles. The first-order valence-corrected chi connectivity index (χ1v) is 11.5. The summed E-state index contributed by atoms with van der Waals surface area (Å²) in [5.41, 5.74) is 0. The largest absolute Gasteiger partial charge is 0.481 e. The second-order valence-electron chi connectivity index (χ2n) is 6.32. The summed E-state index contributed by atoms with van der Waals surface area (Å²) in [6, 6.07) is 0. The second kappa shape index (κ2) is 15.3. The lowest BCUT2D eigenvalue weighted by molar-refractivity contribution is -0.137. The van der Waals surface area contributed by atoms with Crippen LogP contribution >= 0.6 is 12.6 Å². The molecule has 138 valence electrons. The molecule has 0 unspecified atom stereocenters. The lowest BCUT2D eigenvalue weighted by Crippen LogP contribution is -2.06. The molecule has 1 N–H and O–H groups in total. The Kier molecular flexibility index (Phi) is 15.2. The minimum absolute atomic E-state index is 0.0352. The summed E-state index contributed by atoms with van der Waals surface area (Å²) < 4.78 is 22.5. The fourth-order valence-electron chi connectivity index (χ4n) is 2.61. The molecule has 0 saturated heterocycles. The molecule has 0 saturated carbocycles. The van der Waals surface area contributed by atoms with Crippen molar-refractivity contribution in [3.05, 3.63) is 0 Å². The predicted molar refractivity (Wildman–Crippen MR) is 99.9 cm³/mol. The molecule has 0 atom stereocenters. The zero-order valence-corrected chi connectivity index (χ0v) is 16.1. The molecule has 0 aromatic heterocycles. The van der Waals surface area contributed by atoms with Crippen molar-refractivity contribution in [1.82, 2.24) is 0 Å². The van der Waals surface area contributed by atoms with E-state index in [-0.39, 0.29) is 10.8 Å². The van der Waals surface area contributed by atoms with Gasteiger partial charge in [-0.05, 0) is 12.8 Å². The monoisotopic (exact) mass is 366 g/mol. The van der Waals surface area contributed by atoms with Crippen LogP contribution in [0.15, 0.2) is 0 Å². The minimum Gasteiger partial charge on any atom is -0.481 e. The van der Waals surface area contributed by atoms with E-state index in [1.165, 1.54) is 44.9 Å². The van der Waals surface area contributed by atoms with E-state index in [2.05, 4.69) is 12.6 Å². The van der Waals surface area contributed by atoms with E-state index in [1.807, 2.05) is 0 Å². The Labute approximate surface area is 147 Å². The summed E-state index contributed by atoms with van der Waals surface area (Å²) in [5, 5.41) is 8.49. The van der Waals surface area contributed by atoms with Crippen molar-refractivity contribution in [1.29, 1.82) is 0 Å². The van der Waals surface area contributed by atoms with Gasteiger partial charge in [0, 0.05) is 6.42 Å². The van der Waals surface area contributed by atoms with Gasteiger partial charge in [-0.3, -0.25) is 4.79 Å². The van der Waals surface area contributed by atoms with E-state index >= 15 is 0 Å².